The van der Waals surface area contributed by atoms with Crippen LogP contribution >= 0.6 is 0 Å². The quantitative estimate of drug-likeness (QED) is 0.460. The molecule has 0 atom stereocenters. The number of carbonyl (C=O) groups is 1. The zero-order valence-corrected chi connectivity index (χ0v) is 18.3. The monoisotopic (exact) mass is 425 g/mol. The fourth-order valence-corrected chi connectivity index (χ4v) is 3.73. The van der Waals surface area contributed by atoms with Crippen molar-refractivity contribution in [1.82, 2.24) is 9.29 Å². The molecule has 4 N–H and O–H groups in total. The van der Waals surface area contributed by atoms with E-state index in [1.165, 1.54) is 4.57 Å². The third kappa shape index (κ3) is 5.42. The maximum atomic E-state index is 12.2. The van der Waals surface area contributed by atoms with Crippen LogP contribution in [0.2, 0.25) is 0 Å². The summed E-state index contributed by atoms with van der Waals surface area (Å²) in [4.78, 5) is 12.2. The van der Waals surface area contributed by atoms with Crippen molar-refractivity contribution < 1.29 is 23.4 Å². The van der Waals surface area contributed by atoms with Crippen LogP contribution in [-0.2, 0) is 21.4 Å². The van der Waals surface area contributed by atoms with Crippen LogP contribution in [0.1, 0.15) is 53.4 Å². The first-order valence-corrected chi connectivity index (χ1v) is 11.3. The van der Waals surface area contributed by atoms with E-state index in [1.54, 1.807) is 39.0 Å². The number of aromatic hydroxyl groups is 2. The number of sulfonamides is 1. The summed E-state index contributed by atoms with van der Waals surface area (Å²) < 4.78 is 27.1. The van der Waals surface area contributed by atoms with E-state index in [1.807, 2.05) is 6.92 Å². The molecular weight excluding hydrogens is 394 g/mol. The van der Waals surface area contributed by atoms with Gasteiger partial charge in [0.25, 0.3) is 0 Å². The fourth-order valence-electron chi connectivity index (χ4n) is 2.89. The van der Waals surface area contributed by atoms with Gasteiger partial charge in [0.1, 0.15) is 0 Å². The first-order chi connectivity index (χ1) is 13.5. The number of hydrogen-bond acceptors (Lipinski definition) is 5. The Hall–Kier alpha value is -2.26. The number of benzene rings is 1. The second kappa shape index (κ2) is 9.04. The largest absolute Gasteiger partial charge is 0.494 e. The highest BCUT2D eigenvalue weighted by atomic mass is 32.2. The van der Waals surface area contributed by atoms with Gasteiger partial charge in [-0.2, -0.15) is 0 Å². The van der Waals surface area contributed by atoms with Crippen molar-refractivity contribution in [1.29, 1.82) is 0 Å². The molecule has 8 nitrogen and oxygen atoms in total. The minimum absolute atomic E-state index is 0.00920. The predicted octanol–water partition coefficient (Wildman–Crippen LogP) is 3.29. The third-order valence-electron chi connectivity index (χ3n) is 4.67. The molecule has 0 aliphatic carbocycles. The second-order valence-electron chi connectivity index (χ2n) is 8.07. The average molecular weight is 426 g/mol. The number of carbonyl (C=O) groups excluding carboxylic acids is 1. The molecule has 2 aromatic rings. The van der Waals surface area contributed by atoms with E-state index in [0.29, 0.717) is 35.8 Å². The molecule has 0 aliphatic heterocycles. The number of rotatable bonds is 9. The maximum Gasteiger partial charge on any atom is 0.224 e. The molecule has 0 spiro atoms. The zero-order valence-electron chi connectivity index (χ0n) is 17.4. The molecule has 162 valence electrons. The summed E-state index contributed by atoms with van der Waals surface area (Å²) in [5, 5.41) is 24.3. The first kappa shape index (κ1) is 23.0. The molecule has 0 saturated heterocycles. The van der Waals surface area contributed by atoms with E-state index < -0.39 is 14.8 Å². The number of aromatic nitrogens is 1. The molecule has 1 aromatic carbocycles. The van der Waals surface area contributed by atoms with Crippen molar-refractivity contribution in [2.24, 2.45) is 0 Å². The van der Waals surface area contributed by atoms with Crippen LogP contribution in [0.3, 0.4) is 0 Å². The van der Waals surface area contributed by atoms with Crippen LogP contribution < -0.4 is 10.0 Å². The lowest BCUT2D eigenvalue weighted by molar-refractivity contribution is -0.116. The van der Waals surface area contributed by atoms with Crippen molar-refractivity contribution in [3.05, 3.63) is 18.2 Å². The van der Waals surface area contributed by atoms with Crippen LogP contribution in [0.4, 0.5) is 5.69 Å². The lowest BCUT2D eigenvalue weighted by atomic mass is 10.2. The van der Waals surface area contributed by atoms with Gasteiger partial charge in [-0.25, -0.2) is 13.1 Å². The Morgan fingerprint density at radius 3 is 2.38 bits per heavy atom. The molecule has 2 rings (SSSR count). The number of fused-ring (bicyclic) bond motifs is 1. The molecule has 9 heteroatoms. The van der Waals surface area contributed by atoms with Gasteiger partial charge >= 0.3 is 0 Å². The fraction of sp³-hybridized carbons (Fsp3) is 0.550. The van der Waals surface area contributed by atoms with Gasteiger partial charge in [-0.15, -0.1) is 0 Å². The van der Waals surface area contributed by atoms with Crippen molar-refractivity contribution in [2.45, 2.75) is 64.7 Å². The summed E-state index contributed by atoms with van der Waals surface area (Å²) in [7, 11) is -3.37. The van der Waals surface area contributed by atoms with E-state index in [-0.39, 0.29) is 30.6 Å². The standard InChI is InChI=1S/C20H31N3O5S/c1-5-12-23-18(25)15-10-9-14(13-16(15)19(23)26)22-17(24)8-6-7-11-21-29(27,28)20(2,3)4/h9-10,13,21,25-26H,5-8,11-12H2,1-4H3,(H,22,24). The Morgan fingerprint density at radius 2 is 1.76 bits per heavy atom. The van der Waals surface area contributed by atoms with Crippen molar-refractivity contribution >= 4 is 32.4 Å². The minimum atomic E-state index is -3.37. The summed E-state index contributed by atoms with van der Waals surface area (Å²) in [5.74, 6) is -0.212. The highest BCUT2D eigenvalue weighted by molar-refractivity contribution is 7.90. The molecule has 0 bridgehead atoms. The Kier molecular flexibility index (Phi) is 7.18. The van der Waals surface area contributed by atoms with Crippen LogP contribution in [0, 0.1) is 0 Å². The molecule has 1 aromatic heterocycles. The molecule has 29 heavy (non-hydrogen) atoms. The van der Waals surface area contributed by atoms with Gasteiger partial charge in [0.15, 0.2) is 0 Å². The summed E-state index contributed by atoms with van der Waals surface area (Å²) in [6.07, 6.45) is 2.11. The Bertz CT molecular complexity index is 974. The van der Waals surface area contributed by atoms with Crippen LogP contribution in [0.5, 0.6) is 11.8 Å². The van der Waals surface area contributed by atoms with Gasteiger partial charge < -0.3 is 15.5 Å². The molecular formula is C20H31N3O5S. The van der Waals surface area contributed by atoms with Gasteiger partial charge in [-0.1, -0.05) is 6.92 Å². The Balaban J connectivity index is 1.89. The van der Waals surface area contributed by atoms with E-state index in [4.69, 9.17) is 0 Å². The van der Waals surface area contributed by atoms with Crippen molar-refractivity contribution in [2.75, 3.05) is 11.9 Å². The van der Waals surface area contributed by atoms with Gasteiger partial charge in [0.05, 0.1) is 4.75 Å². The third-order valence-corrected chi connectivity index (χ3v) is 6.87. The Morgan fingerprint density at radius 1 is 1.10 bits per heavy atom. The summed E-state index contributed by atoms with van der Waals surface area (Å²) in [6, 6.07) is 4.96. The van der Waals surface area contributed by atoms with E-state index in [0.717, 1.165) is 6.42 Å². The molecule has 0 fully saturated rings. The van der Waals surface area contributed by atoms with Crippen LogP contribution in [0.15, 0.2) is 18.2 Å². The number of nitrogens with one attached hydrogen (secondary N) is 2. The van der Waals surface area contributed by atoms with Gasteiger partial charge in [0.2, 0.25) is 27.7 Å². The van der Waals surface area contributed by atoms with Gasteiger partial charge in [-0.3, -0.25) is 9.36 Å². The molecule has 1 heterocycles. The Labute approximate surface area is 172 Å². The molecule has 0 saturated carbocycles. The highest BCUT2D eigenvalue weighted by Gasteiger charge is 2.28. The van der Waals surface area contributed by atoms with Gasteiger partial charge in [-0.05, 0) is 58.2 Å². The highest BCUT2D eigenvalue weighted by Crippen LogP contribution is 2.37. The first-order valence-electron chi connectivity index (χ1n) is 9.81. The predicted molar refractivity (Wildman–Crippen MR) is 115 cm³/mol. The minimum Gasteiger partial charge on any atom is -0.494 e. The molecule has 0 unspecified atom stereocenters. The normalized spacial score (nSPS) is 12.4. The van der Waals surface area contributed by atoms with Crippen molar-refractivity contribution in [3.63, 3.8) is 0 Å². The lowest BCUT2D eigenvalue weighted by Gasteiger charge is -2.19. The van der Waals surface area contributed by atoms with Crippen LogP contribution in [-0.4, -0.2) is 40.4 Å². The smallest absolute Gasteiger partial charge is 0.224 e. The van der Waals surface area contributed by atoms with E-state index in [2.05, 4.69) is 10.0 Å². The molecule has 1 amide bonds. The molecule has 0 radical (unpaired) electrons. The maximum absolute atomic E-state index is 12.2. The number of anilines is 1. The summed E-state index contributed by atoms with van der Waals surface area (Å²) >= 11 is 0. The van der Waals surface area contributed by atoms with Gasteiger partial charge in [0, 0.05) is 36.0 Å². The van der Waals surface area contributed by atoms with Crippen LogP contribution in [0.25, 0.3) is 10.8 Å². The SMILES string of the molecule is CCCn1c(O)c2ccc(NC(=O)CCCCNS(=O)(=O)C(C)(C)C)cc2c1O. The summed E-state index contributed by atoms with van der Waals surface area (Å²) in [5.41, 5.74) is 0.528. The van der Waals surface area contributed by atoms with E-state index >= 15 is 0 Å². The summed E-state index contributed by atoms with van der Waals surface area (Å²) in [6.45, 7) is 7.63. The van der Waals surface area contributed by atoms with Crippen molar-refractivity contribution in [3.8, 4) is 11.8 Å². The number of amides is 1. The zero-order chi connectivity index (χ0) is 21.8. The number of hydrogen-bond donors (Lipinski definition) is 4. The van der Waals surface area contributed by atoms with E-state index in [9.17, 15) is 23.4 Å². The topological polar surface area (TPSA) is 121 Å². The molecule has 0 aliphatic rings. The second-order valence-corrected chi connectivity index (χ2v) is 10.6. The lowest BCUT2D eigenvalue weighted by Crippen LogP contribution is -2.39. The number of unbranched alkanes of at least 4 members (excludes halogenated alkanes) is 1. The number of nitrogens with zero attached hydrogens (tertiary/aromatic N) is 1. The average Bonchev–Trinajstić information content (AvgIpc) is 2.85.